The van der Waals surface area contributed by atoms with Crippen molar-refractivity contribution >= 4 is 5.91 Å². The minimum absolute atomic E-state index is 0.327. The van der Waals surface area contributed by atoms with E-state index in [1.54, 1.807) is 13.0 Å². The zero-order valence-corrected chi connectivity index (χ0v) is 11.3. The molecule has 3 rings (SSSR count). The number of aryl methyl sites for hydroxylation is 1. The van der Waals surface area contributed by atoms with Gasteiger partial charge in [-0.3, -0.25) is 15.1 Å². The van der Waals surface area contributed by atoms with E-state index >= 15 is 0 Å². The van der Waals surface area contributed by atoms with Crippen LogP contribution in [-0.2, 0) is 19.6 Å². The molecular weight excluding hydrogens is 258 g/mol. The molecule has 1 amide bonds. The van der Waals surface area contributed by atoms with E-state index in [1.165, 1.54) is 0 Å². The topological polar surface area (TPSA) is 89.3 Å². The van der Waals surface area contributed by atoms with Crippen LogP contribution in [0.1, 0.15) is 27.7 Å². The summed E-state index contributed by atoms with van der Waals surface area (Å²) in [5.74, 6) is 7.22. The fraction of sp³-hybridized carbons (Fsp3) is 0.385. The Hall–Kier alpha value is -2.12. The lowest BCUT2D eigenvalue weighted by atomic mass is 10.2. The third-order valence-corrected chi connectivity index (χ3v) is 3.55. The molecule has 7 heteroatoms. The highest BCUT2D eigenvalue weighted by atomic mass is 16.3. The van der Waals surface area contributed by atoms with Gasteiger partial charge in [-0.25, -0.2) is 10.8 Å². The predicted octanol–water partition coefficient (Wildman–Crippen LogP) is 0.404. The third kappa shape index (κ3) is 2.33. The lowest BCUT2D eigenvalue weighted by Gasteiger charge is -2.26. The first-order valence-corrected chi connectivity index (χ1v) is 6.50. The summed E-state index contributed by atoms with van der Waals surface area (Å²) >= 11 is 0. The highest BCUT2D eigenvalue weighted by molar-refractivity contribution is 5.94. The molecule has 1 aliphatic rings. The van der Waals surface area contributed by atoms with Crippen LogP contribution in [0.5, 0.6) is 0 Å². The second kappa shape index (κ2) is 5.10. The maximum atomic E-state index is 11.5. The van der Waals surface area contributed by atoms with E-state index in [9.17, 15) is 4.79 Å². The summed E-state index contributed by atoms with van der Waals surface area (Å²) in [5.41, 5.74) is 2.61. The molecule has 0 aliphatic carbocycles. The van der Waals surface area contributed by atoms with Gasteiger partial charge in [0.1, 0.15) is 17.3 Å². The zero-order valence-electron chi connectivity index (χ0n) is 11.3. The summed E-state index contributed by atoms with van der Waals surface area (Å²) in [4.78, 5) is 18.1. The van der Waals surface area contributed by atoms with Crippen LogP contribution < -0.4 is 11.3 Å². The summed E-state index contributed by atoms with van der Waals surface area (Å²) in [6.07, 6.45) is 3.81. The molecule has 0 saturated carbocycles. The molecule has 0 saturated heterocycles. The lowest BCUT2D eigenvalue weighted by molar-refractivity contribution is 0.0952. The molecule has 0 radical (unpaired) electrons. The fourth-order valence-electron chi connectivity index (χ4n) is 2.50. The van der Waals surface area contributed by atoms with Crippen molar-refractivity contribution < 1.29 is 9.21 Å². The third-order valence-electron chi connectivity index (χ3n) is 3.55. The van der Waals surface area contributed by atoms with E-state index in [0.717, 1.165) is 31.2 Å². The van der Waals surface area contributed by atoms with Crippen molar-refractivity contribution in [2.45, 2.75) is 26.6 Å². The molecule has 7 nitrogen and oxygen atoms in total. The minimum Gasteiger partial charge on any atom is -0.464 e. The van der Waals surface area contributed by atoms with Crippen molar-refractivity contribution in [1.82, 2.24) is 19.9 Å². The predicted molar refractivity (Wildman–Crippen MR) is 71.4 cm³/mol. The number of nitrogen functional groups attached to an aromatic ring is 1. The number of carbonyl (C=O) groups excluding carboxylic acids is 1. The molecule has 0 atom stereocenters. The Bertz CT molecular complexity index is 630. The molecule has 0 spiro atoms. The lowest BCUT2D eigenvalue weighted by Crippen LogP contribution is -2.33. The van der Waals surface area contributed by atoms with Crippen molar-refractivity contribution in [2.24, 2.45) is 5.84 Å². The van der Waals surface area contributed by atoms with Gasteiger partial charge in [-0.1, -0.05) is 0 Å². The Morgan fingerprint density at radius 2 is 2.40 bits per heavy atom. The number of hydrogen-bond acceptors (Lipinski definition) is 5. The van der Waals surface area contributed by atoms with Gasteiger partial charge >= 0.3 is 0 Å². The highest BCUT2D eigenvalue weighted by Crippen LogP contribution is 2.19. The molecule has 3 heterocycles. The van der Waals surface area contributed by atoms with Crippen LogP contribution in [0.15, 0.2) is 22.9 Å². The van der Waals surface area contributed by atoms with Crippen LogP contribution in [0.4, 0.5) is 0 Å². The first-order chi connectivity index (χ1) is 9.67. The summed E-state index contributed by atoms with van der Waals surface area (Å²) in [5, 5.41) is 0. The number of rotatable bonds is 3. The first-order valence-electron chi connectivity index (χ1n) is 6.50. The monoisotopic (exact) mass is 275 g/mol. The van der Waals surface area contributed by atoms with E-state index < -0.39 is 0 Å². The van der Waals surface area contributed by atoms with Crippen molar-refractivity contribution in [3.63, 3.8) is 0 Å². The maximum Gasteiger partial charge on any atom is 0.268 e. The largest absolute Gasteiger partial charge is 0.464 e. The molecule has 1 aliphatic heterocycles. The Morgan fingerprint density at radius 1 is 1.55 bits per heavy atom. The molecule has 2 aromatic rings. The quantitative estimate of drug-likeness (QED) is 0.481. The van der Waals surface area contributed by atoms with Crippen LogP contribution in [0.2, 0.25) is 0 Å². The van der Waals surface area contributed by atoms with Gasteiger partial charge in [0.05, 0.1) is 18.7 Å². The van der Waals surface area contributed by atoms with Gasteiger partial charge in [0, 0.05) is 25.5 Å². The second-order valence-corrected chi connectivity index (χ2v) is 4.90. The van der Waals surface area contributed by atoms with E-state index in [1.807, 2.05) is 12.4 Å². The number of carbonyl (C=O) groups is 1. The van der Waals surface area contributed by atoms with Crippen molar-refractivity contribution in [3.05, 3.63) is 41.4 Å². The fourth-order valence-corrected chi connectivity index (χ4v) is 2.50. The average molecular weight is 275 g/mol. The Kier molecular flexibility index (Phi) is 3.29. The summed E-state index contributed by atoms with van der Waals surface area (Å²) in [7, 11) is 0. The van der Waals surface area contributed by atoms with Gasteiger partial charge in [0.15, 0.2) is 0 Å². The number of nitrogens with one attached hydrogen (secondary N) is 1. The maximum absolute atomic E-state index is 11.5. The molecule has 106 valence electrons. The Morgan fingerprint density at radius 3 is 3.20 bits per heavy atom. The van der Waals surface area contributed by atoms with E-state index in [4.69, 9.17) is 10.3 Å². The number of nitrogens with two attached hydrogens (primary N) is 1. The summed E-state index contributed by atoms with van der Waals surface area (Å²) < 4.78 is 7.77. The number of aromatic nitrogens is 2. The van der Waals surface area contributed by atoms with Crippen molar-refractivity contribution in [2.75, 3.05) is 6.54 Å². The first kappa shape index (κ1) is 12.9. The second-order valence-electron chi connectivity index (χ2n) is 4.90. The number of furan rings is 1. The van der Waals surface area contributed by atoms with Crippen LogP contribution in [0, 0.1) is 6.92 Å². The zero-order chi connectivity index (χ0) is 14.1. The minimum atomic E-state index is -0.327. The Labute approximate surface area is 116 Å². The van der Waals surface area contributed by atoms with E-state index in [0.29, 0.717) is 17.9 Å². The SMILES string of the molecule is Cc1oc(CN2CCn3ccnc3C2)cc1C(=O)NN. The van der Waals surface area contributed by atoms with E-state index in [2.05, 4.69) is 19.9 Å². The van der Waals surface area contributed by atoms with Crippen LogP contribution in [0.25, 0.3) is 0 Å². The molecule has 2 aromatic heterocycles. The number of imidazole rings is 1. The highest BCUT2D eigenvalue weighted by Gasteiger charge is 2.20. The van der Waals surface area contributed by atoms with Crippen LogP contribution in [0.3, 0.4) is 0 Å². The van der Waals surface area contributed by atoms with Gasteiger partial charge in [0.25, 0.3) is 5.91 Å². The summed E-state index contributed by atoms with van der Waals surface area (Å²) in [6, 6.07) is 1.75. The van der Waals surface area contributed by atoms with Crippen LogP contribution in [-0.4, -0.2) is 26.9 Å². The van der Waals surface area contributed by atoms with Gasteiger partial charge in [0.2, 0.25) is 0 Å². The molecule has 0 unspecified atom stereocenters. The smallest absolute Gasteiger partial charge is 0.268 e. The molecule has 0 aromatic carbocycles. The average Bonchev–Trinajstić information content (AvgIpc) is 3.04. The molecular formula is C13H17N5O2. The van der Waals surface area contributed by atoms with Crippen molar-refractivity contribution in [1.29, 1.82) is 0 Å². The van der Waals surface area contributed by atoms with Gasteiger partial charge in [-0.2, -0.15) is 0 Å². The number of nitrogens with zero attached hydrogens (tertiary/aromatic N) is 3. The number of hydrogen-bond donors (Lipinski definition) is 2. The molecule has 0 bridgehead atoms. The van der Waals surface area contributed by atoms with Gasteiger partial charge < -0.3 is 8.98 Å². The summed E-state index contributed by atoms with van der Waals surface area (Å²) in [6.45, 7) is 5.06. The van der Waals surface area contributed by atoms with Gasteiger partial charge in [-0.15, -0.1) is 0 Å². The standard InChI is InChI=1S/C13H17N5O2/c1-9-11(13(19)16-14)6-10(20-9)7-17-4-5-18-3-2-15-12(18)8-17/h2-3,6H,4-5,7-8,14H2,1H3,(H,16,19). The molecule has 20 heavy (non-hydrogen) atoms. The Balaban J connectivity index is 1.71. The molecule has 3 N–H and O–H groups in total. The number of fused-ring (bicyclic) bond motifs is 1. The van der Waals surface area contributed by atoms with E-state index in [-0.39, 0.29) is 5.91 Å². The number of amides is 1. The van der Waals surface area contributed by atoms with Crippen LogP contribution >= 0.6 is 0 Å². The normalized spacial score (nSPS) is 15.1. The number of hydrazine groups is 1. The van der Waals surface area contributed by atoms with Gasteiger partial charge in [-0.05, 0) is 13.0 Å². The molecule has 0 fully saturated rings. The van der Waals surface area contributed by atoms with Crippen molar-refractivity contribution in [3.8, 4) is 0 Å².